The standard InChI is InChI=1S/C19H24N4/c1-16-3-5-18(6-4-16)15-22-11-13-23(14-12-22)21-17(2)19-7-9-20-10-8-19/h3-10H,11-15H2,1-2H3/p+1/b21-17-. The third-order valence-electron chi connectivity index (χ3n) is 4.41. The van der Waals surface area contributed by atoms with Crippen LogP contribution < -0.4 is 4.90 Å². The van der Waals surface area contributed by atoms with E-state index in [4.69, 9.17) is 5.10 Å². The number of nitrogens with one attached hydrogen (secondary N) is 1. The molecule has 1 aromatic heterocycles. The zero-order chi connectivity index (χ0) is 16.1. The first-order chi connectivity index (χ1) is 11.2. The fourth-order valence-corrected chi connectivity index (χ4v) is 2.95. The van der Waals surface area contributed by atoms with E-state index in [9.17, 15) is 0 Å². The van der Waals surface area contributed by atoms with Crippen LogP contribution in [0, 0.1) is 6.92 Å². The molecule has 1 aliphatic heterocycles. The molecule has 0 saturated carbocycles. The molecule has 2 heterocycles. The Bertz CT molecular complexity index is 641. The van der Waals surface area contributed by atoms with Gasteiger partial charge in [-0.2, -0.15) is 5.10 Å². The first kappa shape index (κ1) is 15.7. The normalized spacial score (nSPS) is 16.6. The summed E-state index contributed by atoms with van der Waals surface area (Å²) in [7, 11) is 0. The average Bonchev–Trinajstić information content (AvgIpc) is 2.59. The molecule has 0 unspecified atom stereocenters. The van der Waals surface area contributed by atoms with Crippen molar-refractivity contribution in [2.45, 2.75) is 20.4 Å². The summed E-state index contributed by atoms with van der Waals surface area (Å²) in [6.45, 7) is 9.63. The lowest BCUT2D eigenvalue weighted by molar-refractivity contribution is -0.918. The Hall–Kier alpha value is -2.20. The summed E-state index contributed by atoms with van der Waals surface area (Å²) in [5.74, 6) is 0. The Balaban J connectivity index is 1.53. The summed E-state index contributed by atoms with van der Waals surface area (Å²) in [6, 6.07) is 12.9. The lowest BCUT2D eigenvalue weighted by atomic mass is 10.1. The van der Waals surface area contributed by atoms with Gasteiger partial charge >= 0.3 is 0 Å². The number of hydrogen-bond acceptors (Lipinski definition) is 3. The van der Waals surface area contributed by atoms with Crippen LogP contribution in [0.2, 0.25) is 0 Å². The van der Waals surface area contributed by atoms with Crippen LogP contribution >= 0.6 is 0 Å². The number of hydrogen-bond donors (Lipinski definition) is 1. The van der Waals surface area contributed by atoms with E-state index in [1.807, 2.05) is 24.5 Å². The highest BCUT2D eigenvalue weighted by atomic mass is 15.5. The quantitative estimate of drug-likeness (QED) is 0.869. The maximum absolute atomic E-state index is 4.77. The van der Waals surface area contributed by atoms with Gasteiger partial charge in [0, 0.05) is 23.5 Å². The van der Waals surface area contributed by atoms with Crippen LogP contribution in [0.25, 0.3) is 0 Å². The van der Waals surface area contributed by atoms with E-state index in [1.165, 1.54) is 11.1 Å². The number of nitrogens with zero attached hydrogens (tertiary/aromatic N) is 3. The molecule has 0 bridgehead atoms. The minimum atomic E-state index is 1.02. The first-order valence-corrected chi connectivity index (χ1v) is 8.30. The van der Waals surface area contributed by atoms with Crippen molar-refractivity contribution in [3.05, 3.63) is 65.5 Å². The Kier molecular flexibility index (Phi) is 5.03. The van der Waals surface area contributed by atoms with Crippen LogP contribution in [0.3, 0.4) is 0 Å². The van der Waals surface area contributed by atoms with Gasteiger partial charge in [0.05, 0.1) is 31.9 Å². The molecule has 1 fully saturated rings. The molecule has 0 atom stereocenters. The number of aryl methyl sites for hydroxylation is 1. The number of benzene rings is 1. The van der Waals surface area contributed by atoms with Crippen LogP contribution in [0.15, 0.2) is 53.9 Å². The summed E-state index contributed by atoms with van der Waals surface area (Å²) in [5, 5.41) is 6.97. The molecule has 4 nitrogen and oxygen atoms in total. The van der Waals surface area contributed by atoms with Crippen molar-refractivity contribution in [2.75, 3.05) is 26.2 Å². The third-order valence-corrected chi connectivity index (χ3v) is 4.41. The van der Waals surface area contributed by atoms with Gasteiger partial charge in [-0.05, 0) is 26.0 Å². The molecular formula is C19H25N4+. The van der Waals surface area contributed by atoms with Gasteiger partial charge in [0.15, 0.2) is 0 Å². The van der Waals surface area contributed by atoms with Gasteiger partial charge in [-0.3, -0.25) is 9.99 Å². The van der Waals surface area contributed by atoms with Crippen LogP contribution in [0.1, 0.15) is 23.6 Å². The molecule has 23 heavy (non-hydrogen) atoms. The van der Waals surface area contributed by atoms with Gasteiger partial charge in [0.25, 0.3) is 0 Å². The van der Waals surface area contributed by atoms with Crippen LogP contribution in [-0.4, -0.2) is 41.9 Å². The summed E-state index contributed by atoms with van der Waals surface area (Å²) >= 11 is 0. The summed E-state index contributed by atoms with van der Waals surface area (Å²) in [5.41, 5.74) is 4.97. The molecule has 1 aliphatic rings. The van der Waals surface area contributed by atoms with Gasteiger partial charge in [-0.15, -0.1) is 0 Å². The zero-order valence-corrected chi connectivity index (χ0v) is 14.0. The first-order valence-electron chi connectivity index (χ1n) is 8.30. The van der Waals surface area contributed by atoms with Gasteiger partial charge < -0.3 is 4.90 Å². The van der Waals surface area contributed by atoms with Crippen molar-refractivity contribution >= 4 is 5.71 Å². The van der Waals surface area contributed by atoms with E-state index in [0.29, 0.717) is 0 Å². The highest BCUT2D eigenvalue weighted by Gasteiger charge is 2.19. The number of quaternary nitrogens is 1. The average molecular weight is 309 g/mol. The van der Waals surface area contributed by atoms with Gasteiger partial charge in [-0.1, -0.05) is 29.8 Å². The predicted octanol–water partition coefficient (Wildman–Crippen LogP) is 1.51. The second-order valence-corrected chi connectivity index (χ2v) is 6.29. The minimum absolute atomic E-state index is 1.02. The van der Waals surface area contributed by atoms with Crippen molar-refractivity contribution in [1.29, 1.82) is 0 Å². The van der Waals surface area contributed by atoms with Crippen molar-refractivity contribution < 1.29 is 4.90 Å². The van der Waals surface area contributed by atoms with Gasteiger partial charge in [0.1, 0.15) is 6.54 Å². The van der Waals surface area contributed by atoms with E-state index >= 15 is 0 Å². The van der Waals surface area contributed by atoms with Crippen LogP contribution in [0.4, 0.5) is 0 Å². The lowest BCUT2D eigenvalue weighted by Crippen LogP contribution is -3.13. The smallest absolute Gasteiger partial charge is 0.103 e. The van der Waals surface area contributed by atoms with Crippen LogP contribution in [0.5, 0.6) is 0 Å². The number of piperazine rings is 1. The van der Waals surface area contributed by atoms with Gasteiger partial charge in [-0.25, -0.2) is 0 Å². The Labute approximate surface area is 138 Å². The molecule has 1 aromatic carbocycles. The number of rotatable bonds is 4. The van der Waals surface area contributed by atoms with E-state index in [-0.39, 0.29) is 0 Å². The highest BCUT2D eigenvalue weighted by Crippen LogP contribution is 2.03. The van der Waals surface area contributed by atoms with Crippen molar-refractivity contribution in [1.82, 2.24) is 9.99 Å². The molecule has 1 saturated heterocycles. The molecule has 1 N–H and O–H groups in total. The lowest BCUT2D eigenvalue weighted by Gasteiger charge is -2.31. The second-order valence-electron chi connectivity index (χ2n) is 6.29. The van der Waals surface area contributed by atoms with E-state index in [1.54, 1.807) is 4.90 Å². The molecule has 120 valence electrons. The Morgan fingerprint density at radius 2 is 1.74 bits per heavy atom. The predicted molar refractivity (Wildman–Crippen MR) is 93.6 cm³/mol. The fraction of sp³-hybridized carbons (Fsp3) is 0.368. The zero-order valence-electron chi connectivity index (χ0n) is 14.0. The summed E-state index contributed by atoms with van der Waals surface area (Å²) in [6.07, 6.45) is 3.63. The molecule has 0 spiro atoms. The molecule has 2 aromatic rings. The molecular weight excluding hydrogens is 284 g/mol. The molecule has 3 rings (SSSR count). The molecule has 0 amide bonds. The van der Waals surface area contributed by atoms with Crippen molar-refractivity contribution in [3.63, 3.8) is 0 Å². The summed E-state index contributed by atoms with van der Waals surface area (Å²) in [4.78, 5) is 5.70. The molecule has 4 heteroatoms. The largest absolute Gasteiger partial charge is 0.328 e. The number of aromatic nitrogens is 1. The Morgan fingerprint density at radius 3 is 2.39 bits per heavy atom. The van der Waals surface area contributed by atoms with E-state index < -0.39 is 0 Å². The van der Waals surface area contributed by atoms with Crippen LogP contribution in [-0.2, 0) is 6.54 Å². The minimum Gasteiger partial charge on any atom is -0.328 e. The van der Waals surface area contributed by atoms with E-state index in [2.05, 4.69) is 48.1 Å². The maximum atomic E-state index is 4.77. The van der Waals surface area contributed by atoms with E-state index in [0.717, 1.165) is 44.0 Å². The SMILES string of the molecule is C/C(=N/N1CC[NH+](Cc2ccc(C)cc2)CC1)c1ccncc1. The summed E-state index contributed by atoms with van der Waals surface area (Å²) < 4.78 is 0. The van der Waals surface area contributed by atoms with Gasteiger partial charge in [0.2, 0.25) is 0 Å². The number of pyridine rings is 1. The third kappa shape index (κ3) is 4.39. The highest BCUT2D eigenvalue weighted by molar-refractivity contribution is 5.98. The fourth-order valence-electron chi connectivity index (χ4n) is 2.95. The second kappa shape index (κ2) is 7.38. The number of hydrazone groups is 1. The monoisotopic (exact) mass is 309 g/mol. The molecule has 0 radical (unpaired) electrons. The topological polar surface area (TPSA) is 32.9 Å². The van der Waals surface area contributed by atoms with Crippen molar-refractivity contribution in [2.24, 2.45) is 5.10 Å². The maximum Gasteiger partial charge on any atom is 0.103 e. The van der Waals surface area contributed by atoms with Crippen molar-refractivity contribution in [3.8, 4) is 0 Å². The molecule has 0 aliphatic carbocycles. The Morgan fingerprint density at radius 1 is 1.09 bits per heavy atom.